The van der Waals surface area contributed by atoms with Crippen molar-refractivity contribution < 1.29 is 4.79 Å². The molecule has 2 aromatic rings. The van der Waals surface area contributed by atoms with Crippen LogP contribution in [0.4, 0.5) is 0 Å². The zero-order chi connectivity index (χ0) is 13.9. The number of para-hydroxylation sites is 1. The predicted molar refractivity (Wildman–Crippen MR) is 85.9 cm³/mol. The second kappa shape index (κ2) is 6.91. The van der Waals surface area contributed by atoms with E-state index in [2.05, 4.69) is 22.4 Å². The van der Waals surface area contributed by atoms with Crippen LogP contribution in [-0.4, -0.2) is 46.7 Å². The number of amides is 1. The summed E-state index contributed by atoms with van der Waals surface area (Å²) in [6, 6.07) is 8.07. The highest BCUT2D eigenvalue weighted by Gasteiger charge is 2.28. The summed E-state index contributed by atoms with van der Waals surface area (Å²) in [6.45, 7) is 4.76. The summed E-state index contributed by atoms with van der Waals surface area (Å²) in [5.74, 6) is 0.0398. The standard InChI is InChI=1S/C15H20N4O.ClH/c1-2-9-19(11-7-8-16-10-11)15(20)14-12-5-3-4-6-13(12)17-18-14;/h3-6,11,16H,2,7-10H2,1H3,(H,17,18);1H. The molecule has 2 heterocycles. The van der Waals surface area contributed by atoms with Gasteiger partial charge in [0.2, 0.25) is 0 Å². The fraction of sp³-hybridized carbons (Fsp3) is 0.467. The maximum absolute atomic E-state index is 12.8. The van der Waals surface area contributed by atoms with Crippen molar-refractivity contribution in [3.8, 4) is 0 Å². The molecule has 0 saturated carbocycles. The molecule has 0 bridgehead atoms. The van der Waals surface area contributed by atoms with E-state index in [-0.39, 0.29) is 24.4 Å². The zero-order valence-electron chi connectivity index (χ0n) is 12.1. The molecule has 1 fully saturated rings. The molecule has 1 aliphatic rings. The molecular weight excluding hydrogens is 288 g/mol. The van der Waals surface area contributed by atoms with Gasteiger partial charge in [-0.15, -0.1) is 12.4 Å². The Morgan fingerprint density at radius 3 is 2.95 bits per heavy atom. The summed E-state index contributed by atoms with van der Waals surface area (Å²) in [5.41, 5.74) is 1.46. The van der Waals surface area contributed by atoms with Gasteiger partial charge >= 0.3 is 0 Å². The van der Waals surface area contributed by atoms with E-state index in [4.69, 9.17) is 0 Å². The number of benzene rings is 1. The molecule has 1 saturated heterocycles. The van der Waals surface area contributed by atoms with Gasteiger partial charge in [-0.1, -0.05) is 25.1 Å². The molecule has 1 aliphatic heterocycles. The zero-order valence-corrected chi connectivity index (χ0v) is 12.9. The van der Waals surface area contributed by atoms with Crippen molar-refractivity contribution in [2.24, 2.45) is 0 Å². The van der Waals surface area contributed by atoms with Crippen molar-refractivity contribution in [2.75, 3.05) is 19.6 Å². The average molecular weight is 309 g/mol. The van der Waals surface area contributed by atoms with Gasteiger partial charge in [0.25, 0.3) is 5.91 Å². The molecule has 0 aliphatic carbocycles. The van der Waals surface area contributed by atoms with Crippen molar-refractivity contribution in [1.82, 2.24) is 20.4 Å². The first-order valence-electron chi connectivity index (χ1n) is 7.26. The van der Waals surface area contributed by atoms with Crippen LogP contribution in [-0.2, 0) is 0 Å². The fourth-order valence-corrected chi connectivity index (χ4v) is 2.86. The molecule has 0 spiro atoms. The number of nitrogens with one attached hydrogen (secondary N) is 2. The van der Waals surface area contributed by atoms with Crippen molar-refractivity contribution in [2.45, 2.75) is 25.8 Å². The van der Waals surface area contributed by atoms with E-state index < -0.39 is 0 Å². The minimum absolute atomic E-state index is 0. The van der Waals surface area contributed by atoms with E-state index >= 15 is 0 Å². The Kier molecular flexibility index (Phi) is 5.20. The Labute approximate surface area is 130 Å². The smallest absolute Gasteiger partial charge is 0.275 e. The maximum atomic E-state index is 12.8. The van der Waals surface area contributed by atoms with Crippen LogP contribution in [0, 0.1) is 0 Å². The Morgan fingerprint density at radius 2 is 2.24 bits per heavy atom. The molecule has 114 valence electrons. The topological polar surface area (TPSA) is 61.0 Å². The minimum Gasteiger partial charge on any atom is -0.333 e. The summed E-state index contributed by atoms with van der Waals surface area (Å²) in [6.07, 6.45) is 1.98. The van der Waals surface area contributed by atoms with Crippen molar-refractivity contribution >= 4 is 29.2 Å². The summed E-state index contributed by atoms with van der Waals surface area (Å²) in [5, 5.41) is 11.4. The van der Waals surface area contributed by atoms with Gasteiger partial charge in [0.1, 0.15) is 0 Å². The predicted octanol–water partition coefficient (Wildman–Crippen LogP) is 2.20. The van der Waals surface area contributed by atoms with Crippen LogP contribution >= 0.6 is 12.4 Å². The molecular formula is C15H21ClN4O. The molecule has 5 nitrogen and oxygen atoms in total. The highest BCUT2D eigenvalue weighted by Crippen LogP contribution is 2.19. The number of aromatic amines is 1. The molecule has 1 unspecified atom stereocenters. The van der Waals surface area contributed by atoms with Gasteiger partial charge in [-0.2, -0.15) is 5.10 Å². The molecule has 6 heteroatoms. The highest BCUT2D eigenvalue weighted by atomic mass is 35.5. The van der Waals surface area contributed by atoms with Crippen LogP contribution in [0.25, 0.3) is 10.9 Å². The number of hydrogen-bond acceptors (Lipinski definition) is 3. The molecule has 2 N–H and O–H groups in total. The number of carbonyl (C=O) groups excluding carboxylic acids is 1. The number of rotatable bonds is 4. The SMILES string of the molecule is CCCN(C(=O)c1n[nH]c2ccccc12)C1CCNC1.Cl. The monoisotopic (exact) mass is 308 g/mol. The lowest BCUT2D eigenvalue weighted by Crippen LogP contribution is -2.42. The molecule has 21 heavy (non-hydrogen) atoms. The average Bonchev–Trinajstić information content (AvgIpc) is 3.13. The number of hydrogen-bond donors (Lipinski definition) is 2. The van der Waals surface area contributed by atoms with Crippen LogP contribution in [0.2, 0.25) is 0 Å². The number of nitrogens with zero attached hydrogens (tertiary/aromatic N) is 2. The van der Waals surface area contributed by atoms with Gasteiger partial charge in [-0.25, -0.2) is 0 Å². The third-order valence-electron chi connectivity index (χ3n) is 3.87. The number of H-pyrrole nitrogens is 1. The number of aromatic nitrogens is 2. The van der Waals surface area contributed by atoms with Crippen LogP contribution in [0.5, 0.6) is 0 Å². The lowest BCUT2D eigenvalue weighted by molar-refractivity contribution is 0.0688. The maximum Gasteiger partial charge on any atom is 0.275 e. The fourth-order valence-electron chi connectivity index (χ4n) is 2.86. The molecule has 3 rings (SSSR count). The lowest BCUT2D eigenvalue weighted by atomic mass is 10.1. The summed E-state index contributed by atoms with van der Waals surface area (Å²) >= 11 is 0. The third kappa shape index (κ3) is 3.04. The number of halogens is 1. The first-order valence-corrected chi connectivity index (χ1v) is 7.26. The van der Waals surface area contributed by atoms with E-state index in [0.29, 0.717) is 5.69 Å². The Morgan fingerprint density at radius 1 is 1.43 bits per heavy atom. The molecule has 1 atom stereocenters. The van der Waals surface area contributed by atoms with Crippen LogP contribution in [0.3, 0.4) is 0 Å². The quantitative estimate of drug-likeness (QED) is 0.910. The van der Waals surface area contributed by atoms with Gasteiger partial charge in [-0.3, -0.25) is 9.89 Å². The van der Waals surface area contributed by atoms with E-state index in [0.717, 1.165) is 43.4 Å². The first-order chi connectivity index (χ1) is 9.81. The van der Waals surface area contributed by atoms with E-state index in [1.807, 2.05) is 29.2 Å². The number of carbonyl (C=O) groups is 1. The van der Waals surface area contributed by atoms with Crippen LogP contribution in [0.1, 0.15) is 30.3 Å². The summed E-state index contributed by atoms with van der Waals surface area (Å²) < 4.78 is 0. The lowest BCUT2D eigenvalue weighted by Gasteiger charge is -2.27. The van der Waals surface area contributed by atoms with E-state index in [1.165, 1.54) is 0 Å². The Bertz CT molecular complexity index is 606. The van der Waals surface area contributed by atoms with E-state index in [9.17, 15) is 4.79 Å². The normalized spacial score (nSPS) is 17.7. The summed E-state index contributed by atoms with van der Waals surface area (Å²) in [7, 11) is 0. The molecule has 1 aromatic heterocycles. The van der Waals surface area contributed by atoms with Gasteiger partial charge in [0, 0.05) is 24.5 Å². The Balaban J connectivity index is 0.00000161. The van der Waals surface area contributed by atoms with Crippen LogP contribution in [0.15, 0.2) is 24.3 Å². The van der Waals surface area contributed by atoms with Gasteiger partial charge < -0.3 is 10.2 Å². The van der Waals surface area contributed by atoms with E-state index in [1.54, 1.807) is 0 Å². The second-order valence-electron chi connectivity index (χ2n) is 5.26. The van der Waals surface area contributed by atoms with Gasteiger partial charge in [0.05, 0.1) is 5.52 Å². The van der Waals surface area contributed by atoms with Crippen molar-refractivity contribution in [3.05, 3.63) is 30.0 Å². The second-order valence-corrected chi connectivity index (χ2v) is 5.26. The number of fused-ring (bicyclic) bond motifs is 1. The highest BCUT2D eigenvalue weighted by molar-refractivity contribution is 6.04. The molecule has 1 aromatic carbocycles. The largest absolute Gasteiger partial charge is 0.333 e. The van der Waals surface area contributed by atoms with Crippen molar-refractivity contribution in [3.63, 3.8) is 0 Å². The molecule has 1 amide bonds. The Hall–Kier alpha value is -1.59. The van der Waals surface area contributed by atoms with Crippen molar-refractivity contribution in [1.29, 1.82) is 0 Å². The third-order valence-corrected chi connectivity index (χ3v) is 3.87. The molecule has 0 radical (unpaired) electrons. The van der Waals surface area contributed by atoms with Gasteiger partial charge in [-0.05, 0) is 25.5 Å². The minimum atomic E-state index is 0. The summed E-state index contributed by atoms with van der Waals surface area (Å²) in [4.78, 5) is 14.8. The first kappa shape index (κ1) is 15.8. The van der Waals surface area contributed by atoms with Crippen LogP contribution < -0.4 is 5.32 Å². The van der Waals surface area contributed by atoms with Gasteiger partial charge in [0.15, 0.2) is 5.69 Å².